The molecule has 0 saturated heterocycles. The van der Waals surface area contributed by atoms with Gasteiger partial charge >= 0.3 is 5.97 Å². The lowest BCUT2D eigenvalue weighted by Gasteiger charge is -2.45. The molecule has 0 bridgehead atoms. The van der Waals surface area contributed by atoms with Gasteiger partial charge in [0.2, 0.25) is 0 Å². The normalized spacial score (nSPS) is 24.6. The van der Waals surface area contributed by atoms with E-state index in [-0.39, 0.29) is 23.2 Å². The van der Waals surface area contributed by atoms with Crippen LogP contribution in [0.1, 0.15) is 71.7 Å². The number of aliphatic hydroxyl groups is 1. The Labute approximate surface area is 205 Å². The first-order valence-corrected chi connectivity index (χ1v) is 13.1. The van der Waals surface area contributed by atoms with Gasteiger partial charge in [0.25, 0.3) is 0 Å². The van der Waals surface area contributed by atoms with Crippen molar-refractivity contribution in [3.63, 3.8) is 0 Å². The van der Waals surface area contributed by atoms with Crippen molar-refractivity contribution in [1.29, 1.82) is 5.26 Å². The van der Waals surface area contributed by atoms with Crippen molar-refractivity contribution in [3.05, 3.63) is 52.4 Å². The number of methoxy groups -OCH3 is 1. The highest BCUT2D eigenvalue weighted by atomic mass is 32.1. The Morgan fingerprint density at radius 3 is 2.97 bits per heavy atom. The Morgan fingerprint density at radius 2 is 2.29 bits per heavy atom. The van der Waals surface area contributed by atoms with Crippen LogP contribution in [0.4, 0.5) is 0 Å². The molecule has 2 aromatic heterocycles. The lowest BCUT2D eigenvalue weighted by atomic mass is 9.62. The first-order valence-electron chi connectivity index (χ1n) is 12.3. The smallest absolute Gasteiger partial charge is 0.348 e. The second-order valence-electron chi connectivity index (χ2n) is 9.84. The SMILES string of the molecule is COC(=O)c1ccc(CCC[C@H]2CCC(C#N)C2/C=C/CC(O)C2(Cc3cnco3)CCC2)s1. The number of carbonyl (C=O) groups excluding carboxylic acids is 1. The summed E-state index contributed by atoms with van der Waals surface area (Å²) in [5.41, 5.74) is -0.114. The van der Waals surface area contributed by atoms with Gasteiger partial charge in [-0.15, -0.1) is 11.3 Å². The minimum Gasteiger partial charge on any atom is -0.465 e. The highest BCUT2D eigenvalue weighted by molar-refractivity contribution is 7.13. The van der Waals surface area contributed by atoms with E-state index in [1.165, 1.54) is 29.7 Å². The molecule has 2 aliphatic carbocycles. The Hall–Kier alpha value is -2.43. The second-order valence-corrected chi connectivity index (χ2v) is 11.0. The average Bonchev–Trinajstić information content (AvgIpc) is 3.57. The minimum absolute atomic E-state index is 0.0536. The van der Waals surface area contributed by atoms with E-state index < -0.39 is 6.10 Å². The van der Waals surface area contributed by atoms with Crippen LogP contribution in [0.25, 0.3) is 0 Å². The number of ether oxygens (including phenoxy) is 1. The summed E-state index contributed by atoms with van der Waals surface area (Å²) in [4.78, 5) is 17.5. The molecule has 34 heavy (non-hydrogen) atoms. The zero-order valence-electron chi connectivity index (χ0n) is 19.8. The Bertz CT molecular complexity index is 1000. The molecule has 2 fully saturated rings. The lowest BCUT2D eigenvalue weighted by Crippen LogP contribution is -2.43. The van der Waals surface area contributed by atoms with E-state index in [1.807, 2.05) is 12.1 Å². The number of aryl methyl sites for hydroxylation is 1. The maximum absolute atomic E-state index is 11.7. The number of nitrogens with zero attached hydrogens (tertiary/aromatic N) is 2. The summed E-state index contributed by atoms with van der Waals surface area (Å²) in [5, 5.41) is 20.7. The highest BCUT2D eigenvalue weighted by Gasteiger charge is 2.43. The van der Waals surface area contributed by atoms with Crippen molar-refractivity contribution in [1.82, 2.24) is 4.98 Å². The zero-order chi connectivity index (χ0) is 24.0. The number of hydrogen-bond donors (Lipinski definition) is 1. The Balaban J connectivity index is 1.29. The molecule has 3 unspecified atom stereocenters. The van der Waals surface area contributed by atoms with Crippen molar-refractivity contribution < 1.29 is 19.1 Å². The van der Waals surface area contributed by atoms with Gasteiger partial charge in [0.15, 0.2) is 6.39 Å². The molecule has 4 rings (SSSR count). The van der Waals surface area contributed by atoms with Gasteiger partial charge in [-0.25, -0.2) is 9.78 Å². The predicted octanol–water partition coefficient (Wildman–Crippen LogP) is 5.73. The molecule has 0 spiro atoms. The molecule has 0 aliphatic heterocycles. The number of nitriles is 1. The Morgan fingerprint density at radius 1 is 1.44 bits per heavy atom. The summed E-state index contributed by atoms with van der Waals surface area (Å²) in [5.74, 6) is 1.36. The molecule has 4 atom stereocenters. The van der Waals surface area contributed by atoms with E-state index in [2.05, 4.69) is 23.2 Å². The van der Waals surface area contributed by atoms with Gasteiger partial charge in [-0.3, -0.25) is 0 Å². The molecular formula is C27H34N2O4S. The number of allylic oxidation sites excluding steroid dienone is 1. The number of aliphatic hydroxyl groups excluding tert-OH is 1. The van der Waals surface area contributed by atoms with Crippen LogP contribution in [-0.2, 0) is 17.6 Å². The van der Waals surface area contributed by atoms with Gasteiger partial charge < -0.3 is 14.3 Å². The fraction of sp³-hybridized carbons (Fsp3) is 0.593. The molecule has 0 radical (unpaired) electrons. The van der Waals surface area contributed by atoms with Gasteiger partial charge in [-0.05, 0) is 75.3 Å². The van der Waals surface area contributed by atoms with Crippen LogP contribution in [0.3, 0.4) is 0 Å². The molecule has 0 amide bonds. The summed E-state index contributed by atoms with van der Waals surface area (Å²) < 4.78 is 10.2. The standard InChI is InChI=1S/C27H34N2O4S/c1-32-26(31)24-12-11-22(34-24)6-2-5-19-9-10-20(16-28)23(19)7-3-8-25(30)27(13-4-14-27)15-21-17-29-18-33-21/h3,7,11-12,17-20,23,25,30H,2,4-6,8-10,13-15H2,1H3/b7-3+/t19-,20?,23?,25?/m0/s1. The molecule has 2 heterocycles. The molecule has 7 heteroatoms. The molecule has 0 aromatic carbocycles. The van der Waals surface area contributed by atoms with E-state index in [9.17, 15) is 15.2 Å². The van der Waals surface area contributed by atoms with Gasteiger partial charge in [0, 0.05) is 16.7 Å². The first kappa shape index (κ1) is 24.7. The minimum atomic E-state index is -0.411. The van der Waals surface area contributed by atoms with Gasteiger partial charge in [-0.2, -0.15) is 5.26 Å². The summed E-state index contributed by atoms with van der Waals surface area (Å²) in [6.45, 7) is 0. The quantitative estimate of drug-likeness (QED) is 0.324. The number of aromatic nitrogens is 1. The summed E-state index contributed by atoms with van der Waals surface area (Å²) in [6.07, 6.45) is 16.7. The van der Waals surface area contributed by atoms with E-state index >= 15 is 0 Å². The van der Waals surface area contributed by atoms with Crippen LogP contribution < -0.4 is 0 Å². The topological polar surface area (TPSA) is 96.4 Å². The molecule has 2 aromatic rings. The van der Waals surface area contributed by atoms with E-state index in [1.54, 1.807) is 6.20 Å². The molecule has 6 nitrogen and oxygen atoms in total. The molecule has 182 valence electrons. The third-order valence-corrected chi connectivity index (χ3v) is 8.98. The van der Waals surface area contributed by atoms with Crippen LogP contribution in [-0.4, -0.2) is 29.3 Å². The van der Waals surface area contributed by atoms with Crippen molar-refractivity contribution in [3.8, 4) is 6.07 Å². The fourth-order valence-corrected chi connectivity index (χ4v) is 6.66. The average molecular weight is 483 g/mol. The van der Waals surface area contributed by atoms with Crippen molar-refractivity contribution in [2.75, 3.05) is 7.11 Å². The van der Waals surface area contributed by atoms with Gasteiger partial charge in [0.1, 0.15) is 10.6 Å². The lowest BCUT2D eigenvalue weighted by molar-refractivity contribution is -0.0356. The van der Waals surface area contributed by atoms with Crippen LogP contribution in [0, 0.1) is 34.5 Å². The van der Waals surface area contributed by atoms with Crippen LogP contribution in [0.15, 0.2) is 41.3 Å². The number of thiophene rings is 1. The maximum atomic E-state index is 11.7. The number of esters is 1. The monoisotopic (exact) mass is 482 g/mol. The van der Waals surface area contributed by atoms with Crippen LogP contribution in [0.5, 0.6) is 0 Å². The molecule has 2 saturated carbocycles. The fourth-order valence-electron chi connectivity index (χ4n) is 5.70. The summed E-state index contributed by atoms with van der Waals surface area (Å²) in [6, 6.07) is 6.36. The van der Waals surface area contributed by atoms with Crippen molar-refractivity contribution in [2.45, 2.75) is 70.3 Å². The third kappa shape index (κ3) is 5.61. The third-order valence-electron chi connectivity index (χ3n) is 7.85. The largest absolute Gasteiger partial charge is 0.465 e. The van der Waals surface area contributed by atoms with Crippen molar-refractivity contribution >= 4 is 17.3 Å². The second kappa shape index (κ2) is 11.3. The van der Waals surface area contributed by atoms with E-state index in [0.717, 1.165) is 63.5 Å². The number of hydrogen-bond acceptors (Lipinski definition) is 7. The maximum Gasteiger partial charge on any atom is 0.348 e. The van der Waals surface area contributed by atoms with Crippen LogP contribution in [0.2, 0.25) is 0 Å². The molecule has 1 N–H and O–H groups in total. The predicted molar refractivity (Wildman–Crippen MR) is 130 cm³/mol. The van der Waals surface area contributed by atoms with Crippen molar-refractivity contribution in [2.24, 2.45) is 23.2 Å². The molecule has 2 aliphatic rings. The van der Waals surface area contributed by atoms with Gasteiger partial charge in [0.05, 0.1) is 31.4 Å². The summed E-state index contributed by atoms with van der Waals surface area (Å²) in [7, 11) is 1.41. The summed E-state index contributed by atoms with van der Waals surface area (Å²) >= 11 is 1.50. The van der Waals surface area contributed by atoms with E-state index in [4.69, 9.17) is 9.15 Å². The number of rotatable bonds is 11. The van der Waals surface area contributed by atoms with E-state index in [0.29, 0.717) is 17.2 Å². The molecular weight excluding hydrogens is 448 g/mol. The highest BCUT2D eigenvalue weighted by Crippen LogP contribution is 2.48. The number of carbonyl (C=O) groups is 1. The van der Waals surface area contributed by atoms with Gasteiger partial charge in [-0.1, -0.05) is 18.6 Å². The van der Waals surface area contributed by atoms with Crippen LogP contribution >= 0.6 is 11.3 Å². The Kier molecular flexibility index (Phi) is 8.23. The zero-order valence-corrected chi connectivity index (χ0v) is 20.6. The first-order chi connectivity index (χ1) is 16.5. The number of oxazole rings is 1.